The summed E-state index contributed by atoms with van der Waals surface area (Å²) in [6.07, 6.45) is 1.85. The van der Waals surface area contributed by atoms with Crippen LogP contribution in [0.2, 0.25) is 0 Å². The van der Waals surface area contributed by atoms with Crippen LogP contribution in [0.15, 0.2) is 24.3 Å². The largest absolute Gasteiger partial charge is 0.496 e. The molecule has 0 aliphatic rings. The third-order valence-corrected chi connectivity index (χ3v) is 1.92. The zero-order valence-corrected chi connectivity index (χ0v) is 8.10. The summed E-state index contributed by atoms with van der Waals surface area (Å²) in [4.78, 5) is 0. The first-order chi connectivity index (χ1) is 6.19. The van der Waals surface area contributed by atoms with Crippen LogP contribution in [0, 0.1) is 12.7 Å². The fourth-order valence-electron chi connectivity index (χ4n) is 1.20. The van der Waals surface area contributed by atoms with E-state index in [0.29, 0.717) is 5.56 Å². The summed E-state index contributed by atoms with van der Waals surface area (Å²) in [5, 5.41) is 0. The molecule has 13 heavy (non-hydrogen) atoms. The molecule has 0 heterocycles. The van der Waals surface area contributed by atoms with E-state index in [9.17, 15) is 4.39 Å². The van der Waals surface area contributed by atoms with Gasteiger partial charge in [0.2, 0.25) is 0 Å². The summed E-state index contributed by atoms with van der Waals surface area (Å²) in [7, 11) is 1.61. The maximum atomic E-state index is 12.9. The van der Waals surface area contributed by atoms with Gasteiger partial charge in [0.25, 0.3) is 0 Å². The Labute approximate surface area is 77.8 Å². The molecule has 1 nitrogen and oxygen atoms in total. The average Bonchev–Trinajstić information content (AvgIpc) is 2.13. The Bertz CT molecular complexity index is 329. The highest BCUT2D eigenvalue weighted by Crippen LogP contribution is 2.17. The smallest absolute Gasteiger partial charge is 0.126 e. The summed E-state index contributed by atoms with van der Waals surface area (Å²) in [6.45, 7) is 3.62. The third-order valence-electron chi connectivity index (χ3n) is 1.92. The normalized spacial score (nSPS) is 11.5. The van der Waals surface area contributed by atoms with Gasteiger partial charge >= 0.3 is 0 Å². The van der Waals surface area contributed by atoms with Crippen LogP contribution in [0.25, 0.3) is 5.76 Å². The molecule has 0 radical (unpaired) electrons. The van der Waals surface area contributed by atoms with E-state index in [1.807, 2.05) is 13.0 Å². The van der Waals surface area contributed by atoms with Gasteiger partial charge in [-0.15, -0.1) is 0 Å². The SMILES string of the molecule is CC=C(OC)c1ccc(F)c(C)c1. The number of hydrogen-bond donors (Lipinski definition) is 0. The molecule has 0 amide bonds. The number of halogens is 1. The monoisotopic (exact) mass is 180 g/mol. The first-order valence-electron chi connectivity index (χ1n) is 4.16. The molecule has 0 aliphatic carbocycles. The van der Waals surface area contributed by atoms with Crippen molar-refractivity contribution in [2.45, 2.75) is 13.8 Å². The Hall–Kier alpha value is -1.31. The molecular weight excluding hydrogens is 167 g/mol. The van der Waals surface area contributed by atoms with Crippen molar-refractivity contribution in [3.63, 3.8) is 0 Å². The van der Waals surface area contributed by atoms with Gasteiger partial charge in [0.1, 0.15) is 11.6 Å². The number of benzene rings is 1. The fraction of sp³-hybridized carbons (Fsp3) is 0.273. The maximum absolute atomic E-state index is 12.9. The van der Waals surface area contributed by atoms with Crippen molar-refractivity contribution in [3.05, 3.63) is 41.2 Å². The number of allylic oxidation sites excluding steroid dienone is 1. The van der Waals surface area contributed by atoms with E-state index in [-0.39, 0.29) is 5.82 Å². The van der Waals surface area contributed by atoms with Crippen molar-refractivity contribution < 1.29 is 9.13 Å². The average molecular weight is 180 g/mol. The highest BCUT2D eigenvalue weighted by atomic mass is 19.1. The number of methoxy groups -OCH3 is 1. The molecule has 2 heteroatoms. The lowest BCUT2D eigenvalue weighted by Gasteiger charge is -2.06. The second kappa shape index (κ2) is 4.08. The highest BCUT2D eigenvalue weighted by Gasteiger charge is 2.02. The molecule has 0 aromatic heterocycles. The van der Waals surface area contributed by atoms with E-state index in [0.717, 1.165) is 11.3 Å². The standard InChI is InChI=1S/C11H13FO/c1-4-11(13-3)9-5-6-10(12)8(2)7-9/h4-7H,1-3H3. The molecule has 0 N–H and O–H groups in total. The van der Waals surface area contributed by atoms with Crippen LogP contribution < -0.4 is 0 Å². The van der Waals surface area contributed by atoms with Crippen molar-refractivity contribution in [3.8, 4) is 0 Å². The summed E-state index contributed by atoms with van der Waals surface area (Å²) in [5.74, 6) is 0.582. The van der Waals surface area contributed by atoms with Gasteiger partial charge in [-0.3, -0.25) is 0 Å². The van der Waals surface area contributed by atoms with Crippen LogP contribution >= 0.6 is 0 Å². The van der Waals surface area contributed by atoms with Crippen molar-refractivity contribution in [2.24, 2.45) is 0 Å². The first-order valence-corrected chi connectivity index (χ1v) is 4.16. The number of rotatable bonds is 2. The molecule has 0 unspecified atom stereocenters. The van der Waals surface area contributed by atoms with E-state index in [1.54, 1.807) is 26.2 Å². The number of hydrogen-bond acceptors (Lipinski definition) is 1. The lowest BCUT2D eigenvalue weighted by atomic mass is 10.1. The van der Waals surface area contributed by atoms with Crippen LogP contribution in [0.4, 0.5) is 4.39 Å². The maximum Gasteiger partial charge on any atom is 0.126 e. The van der Waals surface area contributed by atoms with Gasteiger partial charge in [-0.05, 0) is 43.7 Å². The van der Waals surface area contributed by atoms with Gasteiger partial charge < -0.3 is 4.74 Å². The summed E-state index contributed by atoms with van der Waals surface area (Å²) >= 11 is 0. The van der Waals surface area contributed by atoms with Crippen LogP contribution in [0.1, 0.15) is 18.1 Å². The lowest BCUT2D eigenvalue weighted by molar-refractivity contribution is 0.369. The van der Waals surface area contributed by atoms with E-state index in [4.69, 9.17) is 4.74 Å². The predicted octanol–water partition coefficient (Wildman–Crippen LogP) is 3.14. The van der Waals surface area contributed by atoms with E-state index < -0.39 is 0 Å². The van der Waals surface area contributed by atoms with Gasteiger partial charge in [0, 0.05) is 5.56 Å². The second-order valence-corrected chi connectivity index (χ2v) is 2.82. The summed E-state index contributed by atoms with van der Waals surface area (Å²) < 4.78 is 18.0. The van der Waals surface area contributed by atoms with Crippen LogP contribution in [-0.4, -0.2) is 7.11 Å². The fourth-order valence-corrected chi connectivity index (χ4v) is 1.20. The first kappa shape index (κ1) is 9.78. The number of ether oxygens (including phenoxy) is 1. The molecule has 0 bridgehead atoms. The summed E-state index contributed by atoms with van der Waals surface area (Å²) in [5.41, 5.74) is 1.54. The molecule has 0 spiro atoms. The van der Waals surface area contributed by atoms with Crippen LogP contribution in [0.5, 0.6) is 0 Å². The number of aryl methyl sites for hydroxylation is 1. The van der Waals surface area contributed by atoms with E-state index in [2.05, 4.69) is 0 Å². The molecular formula is C11H13FO. The molecule has 1 rings (SSSR count). The predicted molar refractivity (Wildman–Crippen MR) is 51.8 cm³/mol. The minimum Gasteiger partial charge on any atom is -0.496 e. The van der Waals surface area contributed by atoms with Gasteiger partial charge in [-0.1, -0.05) is 0 Å². The van der Waals surface area contributed by atoms with Gasteiger partial charge in [0.15, 0.2) is 0 Å². The molecule has 0 saturated heterocycles. The Morgan fingerprint density at radius 3 is 2.62 bits per heavy atom. The second-order valence-electron chi connectivity index (χ2n) is 2.82. The van der Waals surface area contributed by atoms with E-state index >= 15 is 0 Å². The van der Waals surface area contributed by atoms with Crippen molar-refractivity contribution >= 4 is 5.76 Å². The lowest BCUT2D eigenvalue weighted by Crippen LogP contribution is -1.90. The van der Waals surface area contributed by atoms with Crippen molar-refractivity contribution in [1.82, 2.24) is 0 Å². The molecule has 1 aromatic rings. The summed E-state index contributed by atoms with van der Waals surface area (Å²) in [6, 6.07) is 4.93. The highest BCUT2D eigenvalue weighted by molar-refractivity contribution is 5.60. The Balaban J connectivity index is 3.10. The molecule has 0 fully saturated rings. The van der Waals surface area contributed by atoms with Gasteiger partial charge in [-0.2, -0.15) is 0 Å². The molecule has 70 valence electrons. The quantitative estimate of drug-likeness (QED) is 0.635. The van der Waals surface area contributed by atoms with Crippen LogP contribution in [0.3, 0.4) is 0 Å². The topological polar surface area (TPSA) is 9.23 Å². The van der Waals surface area contributed by atoms with Crippen molar-refractivity contribution in [1.29, 1.82) is 0 Å². The zero-order valence-electron chi connectivity index (χ0n) is 8.10. The minimum absolute atomic E-state index is 0.185. The van der Waals surface area contributed by atoms with Gasteiger partial charge in [-0.25, -0.2) is 4.39 Å². The zero-order chi connectivity index (χ0) is 9.84. The Kier molecular flexibility index (Phi) is 3.07. The van der Waals surface area contributed by atoms with Gasteiger partial charge in [0.05, 0.1) is 7.11 Å². The van der Waals surface area contributed by atoms with Crippen LogP contribution in [-0.2, 0) is 4.74 Å². The Morgan fingerprint density at radius 2 is 2.15 bits per heavy atom. The minimum atomic E-state index is -0.185. The molecule has 0 saturated carbocycles. The Morgan fingerprint density at radius 1 is 1.46 bits per heavy atom. The van der Waals surface area contributed by atoms with E-state index in [1.165, 1.54) is 6.07 Å². The molecule has 0 aliphatic heterocycles. The van der Waals surface area contributed by atoms with Crippen molar-refractivity contribution in [2.75, 3.05) is 7.11 Å². The molecule has 1 aromatic carbocycles. The third kappa shape index (κ3) is 2.08. The molecule has 0 atom stereocenters.